The Hall–Kier alpha value is -2.56. The van der Waals surface area contributed by atoms with Crippen LogP contribution in [-0.4, -0.2) is 30.0 Å². The maximum absolute atomic E-state index is 12.3. The molecule has 2 aromatic rings. The highest BCUT2D eigenvalue weighted by atomic mass is 16.5. The smallest absolute Gasteiger partial charge is 0.302 e. The minimum Gasteiger partial charge on any atom is -0.466 e. The molecule has 1 aliphatic rings. The Bertz CT molecular complexity index is 793. The Labute approximate surface area is 153 Å². The van der Waals surface area contributed by atoms with Gasteiger partial charge in [-0.15, -0.1) is 0 Å². The SMILES string of the molecule is CC(=O)OC[C@H]1CC=CC[C@H]1CC(=O)NCCc1c[nH]c2ccccc12. The van der Waals surface area contributed by atoms with Crippen molar-refractivity contribution in [3.8, 4) is 0 Å². The van der Waals surface area contributed by atoms with Gasteiger partial charge in [-0.2, -0.15) is 0 Å². The van der Waals surface area contributed by atoms with Gasteiger partial charge in [-0.3, -0.25) is 9.59 Å². The monoisotopic (exact) mass is 354 g/mol. The highest BCUT2D eigenvalue weighted by Gasteiger charge is 2.25. The summed E-state index contributed by atoms with van der Waals surface area (Å²) in [4.78, 5) is 26.6. The summed E-state index contributed by atoms with van der Waals surface area (Å²) in [6.07, 6.45) is 9.25. The fraction of sp³-hybridized carbons (Fsp3) is 0.429. The van der Waals surface area contributed by atoms with Crippen molar-refractivity contribution in [1.29, 1.82) is 0 Å². The van der Waals surface area contributed by atoms with Crippen molar-refractivity contribution < 1.29 is 14.3 Å². The lowest BCUT2D eigenvalue weighted by molar-refractivity contribution is -0.143. The Morgan fingerprint density at radius 1 is 1.19 bits per heavy atom. The number of esters is 1. The number of carbonyl (C=O) groups is 2. The summed E-state index contributed by atoms with van der Waals surface area (Å²) in [6.45, 7) is 2.44. The van der Waals surface area contributed by atoms with Crippen molar-refractivity contribution >= 4 is 22.8 Å². The standard InChI is InChI=1S/C21H26N2O3/c1-15(24)26-14-18-7-3-2-6-16(18)12-21(25)22-11-10-17-13-23-20-9-5-4-8-19(17)20/h2-5,8-9,13,16,18,23H,6-7,10-12,14H2,1H3,(H,22,25)/t16-,18+/m0/s1. The van der Waals surface area contributed by atoms with Gasteiger partial charge in [0.15, 0.2) is 0 Å². The molecule has 0 unspecified atom stereocenters. The van der Waals surface area contributed by atoms with Gasteiger partial charge in [0.25, 0.3) is 0 Å². The predicted octanol–water partition coefficient (Wildman–Crippen LogP) is 3.36. The summed E-state index contributed by atoms with van der Waals surface area (Å²) in [6, 6.07) is 8.18. The number of aromatic nitrogens is 1. The van der Waals surface area contributed by atoms with Crippen LogP contribution in [0.5, 0.6) is 0 Å². The molecule has 1 aliphatic carbocycles. The third-order valence-electron chi connectivity index (χ3n) is 5.05. The van der Waals surface area contributed by atoms with Crippen LogP contribution < -0.4 is 5.32 Å². The van der Waals surface area contributed by atoms with E-state index >= 15 is 0 Å². The van der Waals surface area contributed by atoms with E-state index in [2.05, 4.69) is 34.6 Å². The Morgan fingerprint density at radius 2 is 1.96 bits per heavy atom. The highest BCUT2D eigenvalue weighted by Crippen LogP contribution is 2.28. The fourth-order valence-corrected chi connectivity index (χ4v) is 3.59. The summed E-state index contributed by atoms with van der Waals surface area (Å²) < 4.78 is 5.16. The third-order valence-corrected chi connectivity index (χ3v) is 5.05. The van der Waals surface area contributed by atoms with E-state index in [0.717, 1.165) is 24.8 Å². The number of allylic oxidation sites excluding steroid dienone is 2. The molecule has 0 bridgehead atoms. The number of fused-ring (bicyclic) bond motifs is 1. The second-order valence-electron chi connectivity index (χ2n) is 6.93. The van der Waals surface area contributed by atoms with Crippen LogP contribution in [0.4, 0.5) is 0 Å². The number of aromatic amines is 1. The number of para-hydroxylation sites is 1. The van der Waals surface area contributed by atoms with Crippen LogP contribution in [0.2, 0.25) is 0 Å². The molecular formula is C21H26N2O3. The number of rotatable bonds is 7. The molecule has 2 N–H and O–H groups in total. The summed E-state index contributed by atoms with van der Waals surface area (Å²) in [5.41, 5.74) is 2.34. The van der Waals surface area contributed by atoms with Crippen molar-refractivity contribution in [1.82, 2.24) is 10.3 Å². The van der Waals surface area contributed by atoms with Crippen LogP contribution in [0.25, 0.3) is 10.9 Å². The summed E-state index contributed by atoms with van der Waals surface area (Å²) >= 11 is 0. The lowest BCUT2D eigenvalue weighted by atomic mass is 9.81. The number of H-pyrrole nitrogens is 1. The van der Waals surface area contributed by atoms with Gasteiger partial charge in [0, 0.05) is 42.9 Å². The third kappa shape index (κ3) is 4.75. The molecule has 0 radical (unpaired) electrons. The zero-order valence-corrected chi connectivity index (χ0v) is 15.2. The van der Waals surface area contributed by atoms with Crippen molar-refractivity contribution in [2.75, 3.05) is 13.2 Å². The first-order valence-electron chi connectivity index (χ1n) is 9.23. The van der Waals surface area contributed by atoms with Crippen LogP contribution in [0, 0.1) is 11.8 Å². The molecule has 1 aromatic carbocycles. The molecule has 2 atom stereocenters. The molecule has 0 spiro atoms. The van der Waals surface area contributed by atoms with Crippen LogP contribution in [-0.2, 0) is 20.7 Å². The molecule has 138 valence electrons. The zero-order valence-electron chi connectivity index (χ0n) is 15.2. The molecule has 1 amide bonds. The van der Waals surface area contributed by atoms with Gasteiger partial charge >= 0.3 is 5.97 Å². The fourth-order valence-electron chi connectivity index (χ4n) is 3.59. The zero-order chi connectivity index (χ0) is 18.4. The van der Waals surface area contributed by atoms with E-state index in [9.17, 15) is 9.59 Å². The van der Waals surface area contributed by atoms with Crippen molar-refractivity contribution in [2.24, 2.45) is 11.8 Å². The molecule has 1 heterocycles. The summed E-state index contributed by atoms with van der Waals surface area (Å²) in [5.74, 6) is 0.259. The van der Waals surface area contributed by atoms with E-state index in [0.29, 0.717) is 19.6 Å². The van der Waals surface area contributed by atoms with E-state index in [1.54, 1.807) is 0 Å². The number of hydrogen-bond acceptors (Lipinski definition) is 3. The number of ether oxygens (including phenoxy) is 1. The highest BCUT2D eigenvalue weighted by molar-refractivity contribution is 5.83. The maximum atomic E-state index is 12.3. The largest absolute Gasteiger partial charge is 0.466 e. The van der Waals surface area contributed by atoms with Crippen molar-refractivity contribution in [3.63, 3.8) is 0 Å². The average Bonchev–Trinajstić information content (AvgIpc) is 3.04. The molecule has 0 saturated carbocycles. The van der Waals surface area contributed by atoms with Crippen LogP contribution in [0.15, 0.2) is 42.6 Å². The molecule has 26 heavy (non-hydrogen) atoms. The van der Waals surface area contributed by atoms with E-state index in [1.807, 2.05) is 18.3 Å². The minimum atomic E-state index is -0.263. The lowest BCUT2D eigenvalue weighted by Gasteiger charge is -2.27. The van der Waals surface area contributed by atoms with Crippen LogP contribution in [0.1, 0.15) is 31.7 Å². The molecule has 0 aliphatic heterocycles. The van der Waals surface area contributed by atoms with E-state index < -0.39 is 0 Å². The Balaban J connectivity index is 1.47. The topological polar surface area (TPSA) is 71.2 Å². The number of amides is 1. The first-order chi connectivity index (χ1) is 12.6. The number of nitrogens with one attached hydrogen (secondary N) is 2. The summed E-state index contributed by atoms with van der Waals surface area (Å²) in [5, 5.41) is 4.24. The van der Waals surface area contributed by atoms with E-state index in [1.165, 1.54) is 17.9 Å². The van der Waals surface area contributed by atoms with Gasteiger partial charge in [-0.25, -0.2) is 0 Å². The van der Waals surface area contributed by atoms with Crippen LogP contribution >= 0.6 is 0 Å². The summed E-state index contributed by atoms with van der Waals surface area (Å²) in [7, 11) is 0. The number of benzene rings is 1. The maximum Gasteiger partial charge on any atom is 0.302 e. The van der Waals surface area contributed by atoms with Crippen molar-refractivity contribution in [3.05, 3.63) is 48.2 Å². The number of carbonyl (C=O) groups excluding carboxylic acids is 2. The second-order valence-corrected chi connectivity index (χ2v) is 6.93. The quantitative estimate of drug-likeness (QED) is 0.592. The molecule has 5 heteroatoms. The molecule has 5 nitrogen and oxygen atoms in total. The van der Waals surface area contributed by atoms with Crippen molar-refractivity contribution in [2.45, 2.75) is 32.6 Å². The van der Waals surface area contributed by atoms with Gasteiger partial charge in [-0.1, -0.05) is 30.4 Å². The molecule has 0 saturated heterocycles. The van der Waals surface area contributed by atoms with E-state index in [4.69, 9.17) is 4.74 Å². The first-order valence-corrected chi connectivity index (χ1v) is 9.23. The first kappa shape index (κ1) is 18.2. The van der Waals surface area contributed by atoms with Gasteiger partial charge in [0.1, 0.15) is 0 Å². The van der Waals surface area contributed by atoms with Gasteiger partial charge in [0.05, 0.1) is 6.61 Å². The normalized spacial score (nSPS) is 19.4. The van der Waals surface area contributed by atoms with Gasteiger partial charge < -0.3 is 15.0 Å². The van der Waals surface area contributed by atoms with Crippen LogP contribution in [0.3, 0.4) is 0 Å². The Morgan fingerprint density at radius 3 is 2.77 bits per heavy atom. The molecular weight excluding hydrogens is 328 g/mol. The van der Waals surface area contributed by atoms with E-state index in [-0.39, 0.29) is 23.7 Å². The van der Waals surface area contributed by atoms with Gasteiger partial charge in [0.2, 0.25) is 5.91 Å². The molecule has 0 fully saturated rings. The van der Waals surface area contributed by atoms with Gasteiger partial charge in [-0.05, 0) is 36.8 Å². The second kappa shape index (κ2) is 8.70. The average molecular weight is 354 g/mol. The minimum absolute atomic E-state index is 0.0676. The molecule has 1 aromatic heterocycles. The lowest BCUT2D eigenvalue weighted by Crippen LogP contribution is -2.31. The Kier molecular flexibility index (Phi) is 6.10. The number of hydrogen-bond donors (Lipinski definition) is 2. The predicted molar refractivity (Wildman–Crippen MR) is 102 cm³/mol. The molecule has 3 rings (SSSR count).